The SMILES string of the molecule is CCC1OC1C/C=C\CCCCCCCCCCCCC(=O)O.CCC1OC1C/C=C\CCCCCCCCCCCCC(=O)OC.[Li+].[OH-]. The van der Waals surface area contributed by atoms with Gasteiger partial charge in [-0.05, 0) is 64.2 Å². The second kappa shape index (κ2) is 36.7. The maximum atomic E-state index is 11.0. The number of unbranched alkanes of at least 4 members (excludes halogenated alkanes) is 20. The number of epoxide rings is 2. The van der Waals surface area contributed by atoms with E-state index in [9.17, 15) is 9.59 Å². The van der Waals surface area contributed by atoms with Crippen LogP contribution in [0.3, 0.4) is 0 Å². The number of carbonyl (C=O) groups excluding carboxylic acids is 1. The molecule has 0 spiro atoms. The fraction of sp³-hybridized carbons (Fsp3) is 0.854. The zero-order chi connectivity index (χ0) is 34.2. The molecule has 2 N–H and O–H groups in total. The minimum absolute atomic E-state index is 0. The van der Waals surface area contributed by atoms with Crippen molar-refractivity contribution in [2.24, 2.45) is 0 Å². The molecule has 0 aromatic carbocycles. The molecule has 2 saturated heterocycles. The Kier molecular flexibility index (Phi) is 37.4. The van der Waals surface area contributed by atoms with Crippen LogP contribution < -0.4 is 18.9 Å². The molecular weight excluding hydrogens is 611 g/mol. The fourth-order valence-corrected chi connectivity index (χ4v) is 6.19. The van der Waals surface area contributed by atoms with Gasteiger partial charge in [0, 0.05) is 12.8 Å². The summed E-state index contributed by atoms with van der Waals surface area (Å²) in [5.41, 5.74) is 0. The number of ether oxygens (including phenoxy) is 3. The van der Waals surface area contributed by atoms with Crippen LogP contribution in [0.5, 0.6) is 0 Å². The van der Waals surface area contributed by atoms with Crippen molar-refractivity contribution in [1.82, 2.24) is 0 Å². The molecule has 2 aliphatic rings. The molecule has 0 saturated carbocycles. The first-order valence-electron chi connectivity index (χ1n) is 19.9. The van der Waals surface area contributed by atoms with Gasteiger partial charge < -0.3 is 24.8 Å². The quantitative estimate of drug-likeness (QED) is 0.0247. The largest absolute Gasteiger partial charge is 1.00 e. The number of carbonyl (C=O) groups is 2. The molecule has 0 radical (unpaired) electrons. The molecule has 0 aromatic rings. The number of rotatable bonds is 32. The maximum Gasteiger partial charge on any atom is 1.00 e. The number of hydrogen-bond acceptors (Lipinski definition) is 6. The number of allylic oxidation sites excluding steroid dienone is 2. The zero-order valence-electron chi connectivity index (χ0n) is 32.4. The smallest absolute Gasteiger partial charge is 0.870 e. The minimum Gasteiger partial charge on any atom is -0.870 e. The molecular formula is C41H75LiO7. The van der Waals surface area contributed by atoms with Gasteiger partial charge in [0.15, 0.2) is 0 Å². The summed E-state index contributed by atoms with van der Waals surface area (Å²) >= 11 is 0. The summed E-state index contributed by atoms with van der Waals surface area (Å²) in [4.78, 5) is 21.3. The third-order valence-electron chi connectivity index (χ3n) is 9.49. The van der Waals surface area contributed by atoms with Crippen LogP contribution in [0.1, 0.15) is 194 Å². The van der Waals surface area contributed by atoms with E-state index in [0.29, 0.717) is 37.3 Å². The first-order chi connectivity index (χ1) is 23.0. The molecule has 282 valence electrons. The summed E-state index contributed by atoms with van der Waals surface area (Å²) in [5, 5.41) is 8.54. The van der Waals surface area contributed by atoms with Gasteiger partial charge in [-0.25, -0.2) is 0 Å². The van der Waals surface area contributed by atoms with Crippen LogP contribution >= 0.6 is 0 Å². The van der Waals surface area contributed by atoms with E-state index in [2.05, 4.69) is 42.9 Å². The number of hydrogen-bond donors (Lipinski definition) is 1. The van der Waals surface area contributed by atoms with Crippen LogP contribution in [0.15, 0.2) is 24.3 Å². The van der Waals surface area contributed by atoms with Crippen LogP contribution in [-0.4, -0.2) is 54.0 Å². The molecule has 4 unspecified atom stereocenters. The number of aliphatic carboxylic acids is 1. The third-order valence-corrected chi connectivity index (χ3v) is 9.49. The Labute approximate surface area is 313 Å². The molecule has 2 rings (SSSR count). The molecule has 49 heavy (non-hydrogen) atoms. The van der Waals surface area contributed by atoms with Crippen molar-refractivity contribution in [3.05, 3.63) is 24.3 Å². The van der Waals surface area contributed by atoms with Crippen LogP contribution in [0.2, 0.25) is 0 Å². The Bertz CT molecular complexity index is 803. The summed E-state index contributed by atoms with van der Waals surface area (Å²) < 4.78 is 15.7. The Balaban J connectivity index is 0. The van der Waals surface area contributed by atoms with Gasteiger partial charge in [-0.15, -0.1) is 0 Å². The summed E-state index contributed by atoms with van der Waals surface area (Å²) in [6, 6.07) is 0. The van der Waals surface area contributed by atoms with Crippen molar-refractivity contribution in [2.75, 3.05) is 7.11 Å². The number of esters is 1. The van der Waals surface area contributed by atoms with Crippen molar-refractivity contribution < 1.29 is 53.2 Å². The summed E-state index contributed by atoms with van der Waals surface area (Å²) in [5.74, 6) is -0.734. The predicted octanol–water partition coefficient (Wildman–Crippen LogP) is 8.67. The van der Waals surface area contributed by atoms with E-state index in [1.165, 1.54) is 123 Å². The van der Waals surface area contributed by atoms with Crippen molar-refractivity contribution >= 4 is 11.9 Å². The van der Waals surface area contributed by atoms with E-state index in [1.54, 1.807) is 0 Å². The fourth-order valence-electron chi connectivity index (χ4n) is 6.19. The van der Waals surface area contributed by atoms with Crippen molar-refractivity contribution in [3.8, 4) is 0 Å². The predicted molar refractivity (Wildman–Crippen MR) is 198 cm³/mol. The molecule has 8 heteroatoms. The van der Waals surface area contributed by atoms with Crippen LogP contribution in [0, 0.1) is 0 Å². The van der Waals surface area contributed by atoms with Gasteiger partial charge >= 0.3 is 30.8 Å². The second-order valence-corrected chi connectivity index (χ2v) is 13.8. The molecule has 2 aliphatic heterocycles. The molecule has 0 bridgehead atoms. The van der Waals surface area contributed by atoms with Gasteiger partial charge in [-0.2, -0.15) is 0 Å². The van der Waals surface area contributed by atoms with Crippen LogP contribution in [0.25, 0.3) is 0 Å². The van der Waals surface area contributed by atoms with Gasteiger partial charge in [-0.3, -0.25) is 9.59 Å². The van der Waals surface area contributed by atoms with Gasteiger partial charge in [0.05, 0.1) is 31.5 Å². The molecule has 7 nitrogen and oxygen atoms in total. The number of carboxylic acids is 1. The zero-order valence-corrected chi connectivity index (χ0v) is 32.4. The molecule has 0 aliphatic carbocycles. The van der Waals surface area contributed by atoms with Crippen LogP contribution in [-0.2, 0) is 23.8 Å². The first kappa shape index (κ1) is 50.0. The first-order valence-corrected chi connectivity index (χ1v) is 19.9. The summed E-state index contributed by atoms with van der Waals surface area (Å²) in [6.07, 6.45) is 44.5. The average Bonchev–Trinajstić information content (AvgIpc) is 4.00. The Hall–Kier alpha value is -1.10. The monoisotopic (exact) mass is 687 g/mol. The Morgan fingerprint density at radius 3 is 1.16 bits per heavy atom. The van der Waals surface area contributed by atoms with E-state index in [0.717, 1.165) is 51.4 Å². The number of carboxylic acid groups (broad SMARTS) is 1. The van der Waals surface area contributed by atoms with E-state index in [1.807, 2.05) is 0 Å². The Morgan fingerprint density at radius 1 is 0.531 bits per heavy atom. The normalized spacial score (nSPS) is 19.2. The van der Waals surface area contributed by atoms with Gasteiger partial charge in [0.2, 0.25) is 0 Å². The average molecular weight is 687 g/mol. The van der Waals surface area contributed by atoms with Crippen molar-refractivity contribution in [3.63, 3.8) is 0 Å². The molecule has 2 fully saturated rings. The third kappa shape index (κ3) is 33.8. The van der Waals surface area contributed by atoms with Crippen molar-refractivity contribution in [1.29, 1.82) is 0 Å². The maximum absolute atomic E-state index is 11.0. The van der Waals surface area contributed by atoms with E-state index in [4.69, 9.17) is 14.6 Å². The molecule has 0 amide bonds. The van der Waals surface area contributed by atoms with Gasteiger partial charge in [-0.1, -0.05) is 141 Å². The topological polar surface area (TPSA) is 119 Å². The van der Waals surface area contributed by atoms with E-state index >= 15 is 0 Å². The molecule has 2 heterocycles. The van der Waals surface area contributed by atoms with Crippen LogP contribution in [0.4, 0.5) is 0 Å². The number of methoxy groups -OCH3 is 1. The second-order valence-electron chi connectivity index (χ2n) is 13.8. The summed E-state index contributed by atoms with van der Waals surface area (Å²) in [7, 11) is 1.46. The van der Waals surface area contributed by atoms with Gasteiger partial charge in [0.1, 0.15) is 0 Å². The molecule has 4 atom stereocenters. The molecule has 0 aromatic heterocycles. The minimum atomic E-state index is -0.661. The summed E-state index contributed by atoms with van der Waals surface area (Å²) in [6.45, 7) is 4.38. The Morgan fingerprint density at radius 2 is 0.857 bits per heavy atom. The van der Waals surface area contributed by atoms with Crippen molar-refractivity contribution in [2.45, 2.75) is 218 Å². The standard InChI is InChI=1S/C21H38O3.C20H36O3.Li.H2O/c1-3-19-20(24-19)17-15-13-11-9-7-5-4-6-8-10-12-14-16-18-21(22)23-2;1-2-18-19(23-18)16-14-12-10-8-6-4-3-5-7-9-11-13-15-17-20(21)22;;/h13,15,19-20H,3-12,14,16-18H2,1-2H3;12,14,18-19H,2-11,13,15-17H2,1H3,(H,21,22);;1H2/q;;+1;/p-1/b15-13-;14-12-;;. The van der Waals surface area contributed by atoms with E-state index in [-0.39, 0.29) is 30.3 Å². The van der Waals surface area contributed by atoms with Gasteiger partial charge in [0.25, 0.3) is 0 Å². The van der Waals surface area contributed by atoms with E-state index < -0.39 is 5.97 Å².